The first kappa shape index (κ1) is 13.8. The normalized spacial score (nSPS) is 10.6. The predicted octanol–water partition coefficient (Wildman–Crippen LogP) is 3.09. The number of nitrogens with zero attached hydrogens (tertiary/aromatic N) is 1. The highest BCUT2D eigenvalue weighted by molar-refractivity contribution is 6.05. The van der Waals surface area contributed by atoms with Crippen LogP contribution in [-0.4, -0.2) is 22.0 Å². The zero-order valence-electron chi connectivity index (χ0n) is 11.7. The third-order valence-corrected chi connectivity index (χ3v) is 3.25. The molecule has 2 N–H and O–H groups in total. The van der Waals surface area contributed by atoms with E-state index in [2.05, 4.69) is 10.3 Å². The van der Waals surface area contributed by atoms with Crippen molar-refractivity contribution in [2.75, 3.05) is 5.32 Å². The van der Waals surface area contributed by atoms with Gasteiger partial charge >= 0.3 is 5.97 Å². The van der Waals surface area contributed by atoms with Crippen LogP contribution in [0.1, 0.15) is 26.5 Å². The minimum Gasteiger partial charge on any atom is -0.478 e. The van der Waals surface area contributed by atoms with E-state index >= 15 is 0 Å². The molecule has 110 valence electrons. The Morgan fingerprint density at radius 2 is 2.05 bits per heavy atom. The van der Waals surface area contributed by atoms with Gasteiger partial charge in [-0.3, -0.25) is 9.78 Å². The van der Waals surface area contributed by atoms with E-state index in [1.54, 1.807) is 12.1 Å². The Balaban J connectivity index is 1.88. The molecule has 0 saturated carbocycles. The van der Waals surface area contributed by atoms with Gasteiger partial charge in [-0.05, 0) is 30.7 Å². The average Bonchev–Trinajstić information content (AvgIpc) is 2.93. The summed E-state index contributed by atoms with van der Waals surface area (Å²) in [5, 5.41) is 12.4. The van der Waals surface area contributed by atoms with Gasteiger partial charge in [0.2, 0.25) is 0 Å². The van der Waals surface area contributed by atoms with Crippen LogP contribution in [0.15, 0.2) is 47.1 Å². The maximum Gasteiger partial charge on any atom is 0.337 e. The summed E-state index contributed by atoms with van der Waals surface area (Å²) in [5.41, 5.74) is 1.93. The predicted molar refractivity (Wildman–Crippen MR) is 80.1 cm³/mol. The SMILES string of the molecule is Cc1cccc2oc(C(=O)Nc3cncc(C(=O)O)c3)cc12. The minimum absolute atomic E-state index is 0.00162. The topological polar surface area (TPSA) is 92.4 Å². The number of carbonyl (C=O) groups excluding carboxylic acids is 1. The van der Waals surface area contributed by atoms with Gasteiger partial charge in [-0.1, -0.05) is 12.1 Å². The minimum atomic E-state index is -1.11. The number of aromatic carboxylic acids is 1. The van der Waals surface area contributed by atoms with E-state index < -0.39 is 11.9 Å². The number of anilines is 1. The van der Waals surface area contributed by atoms with Crippen LogP contribution in [0.3, 0.4) is 0 Å². The summed E-state index contributed by atoms with van der Waals surface area (Å²) in [4.78, 5) is 26.9. The lowest BCUT2D eigenvalue weighted by Gasteiger charge is -2.03. The largest absolute Gasteiger partial charge is 0.478 e. The van der Waals surface area contributed by atoms with Crippen molar-refractivity contribution in [2.45, 2.75) is 6.92 Å². The number of amides is 1. The Kier molecular flexibility index (Phi) is 3.34. The molecule has 0 aliphatic carbocycles. The molecule has 2 aromatic heterocycles. The Hall–Kier alpha value is -3.15. The van der Waals surface area contributed by atoms with Crippen molar-refractivity contribution in [1.82, 2.24) is 4.98 Å². The molecule has 0 aliphatic heterocycles. The molecule has 0 fully saturated rings. The lowest BCUT2D eigenvalue weighted by atomic mass is 10.1. The molecule has 2 heterocycles. The lowest BCUT2D eigenvalue weighted by Crippen LogP contribution is -2.11. The maximum absolute atomic E-state index is 12.2. The molecule has 0 unspecified atom stereocenters. The molecule has 1 aromatic carbocycles. The number of carboxylic acids is 1. The van der Waals surface area contributed by atoms with Crippen LogP contribution in [0.2, 0.25) is 0 Å². The third-order valence-electron chi connectivity index (χ3n) is 3.25. The fourth-order valence-corrected chi connectivity index (χ4v) is 2.14. The number of carbonyl (C=O) groups is 2. The summed E-state index contributed by atoms with van der Waals surface area (Å²) in [6.07, 6.45) is 2.58. The van der Waals surface area contributed by atoms with Crippen LogP contribution in [0.25, 0.3) is 11.0 Å². The quantitative estimate of drug-likeness (QED) is 0.774. The van der Waals surface area contributed by atoms with E-state index in [0.717, 1.165) is 10.9 Å². The first-order valence-electron chi connectivity index (χ1n) is 6.53. The third kappa shape index (κ3) is 2.54. The number of furan rings is 1. The molecule has 0 aliphatic rings. The van der Waals surface area contributed by atoms with Crippen molar-refractivity contribution in [3.8, 4) is 0 Å². The number of nitrogens with one attached hydrogen (secondary N) is 1. The molecule has 3 rings (SSSR count). The first-order chi connectivity index (χ1) is 10.5. The second-order valence-electron chi connectivity index (χ2n) is 4.82. The summed E-state index contributed by atoms with van der Waals surface area (Å²) < 4.78 is 5.51. The van der Waals surface area contributed by atoms with Gasteiger partial charge in [0.1, 0.15) is 5.58 Å². The summed E-state index contributed by atoms with van der Waals surface area (Å²) >= 11 is 0. The summed E-state index contributed by atoms with van der Waals surface area (Å²) in [6, 6.07) is 8.56. The van der Waals surface area contributed by atoms with E-state index in [0.29, 0.717) is 11.3 Å². The highest BCUT2D eigenvalue weighted by atomic mass is 16.4. The Bertz CT molecular complexity index is 883. The molecule has 0 atom stereocenters. The van der Waals surface area contributed by atoms with Gasteiger partial charge in [0, 0.05) is 11.6 Å². The molecule has 0 spiro atoms. The van der Waals surface area contributed by atoms with Gasteiger partial charge in [0.15, 0.2) is 5.76 Å². The second-order valence-corrected chi connectivity index (χ2v) is 4.82. The standard InChI is InChI=1S/C16H12N2O4/c1-9-3-2-4-13-12(9)6-14(22-13)15(19)18-11-5-10(16(20)21)7-17-8-11/h2-8H,1H3,(H,18,19)(H,20,21). The van der Waals surface area contributed by atoms with E-state index in [1.807, 2.05) is 19.1 Å². The fourth-order valence-electron chi connectivity index (χ4n) is 2.14. The van der Waals surface area contributed by atoms with Crippen molar-refractivity contribution in [3.05, 3.63) is 59.6 Å². The highest BCUT2D eigenvalue weighted by Crippen LogP contribution is 2.23. The zero-order chi connectivity index (χ0) is 15.7. The maximum atomic E-state index is 12.2. The van der Waals surface area contributed by atoms with Crippen molar-refractivity contribution in [1.29, 1.82) is 0 Å². The van der Waals surface area contributed by atoms with E-state index in [-0.39, 0.29) is 11.3 Å². The fraction of sp³-hybridized carbons (Fsp3) is 0.0625. The number of pyridine rings is 1. The number of hydrogen-bond acceptors (Lipinski definition) is 4. The monoisotopic (exact) mass is 296 g/mol. The molecule has 22 heavy (non-hydrogen) atoms. The van der Waals surface area contributed by atoms with Gasteiger partial charge in [0.25, 0.3) is 5.91 Å². The van der Waals surface area contributed by atoms with Crippen molar-refractivity contribution in [3.63, 3.8) is 0 Å². The average molecular weight is 296 g/mol. The molecule has 0 radical (unpaired) electrons. The van der Waals surface area contributed by atoms with Crippen LogP contribution < -0.4 is 5.32 Å². The number of carboxylic acid groups (broad SMARTS) is 1. The molecular weight excluding hydrogens is 284 g/mol. The summed E-state index contributed by atoms with van der Waals surface area (Å²) in [6.45, 7) is 1.93. The smallest absolute Gasteiger partial charge is 0.337 e. The van der Waals surface area contributed by atoms with Crippen LogP contribution in [0, 0.1) is 6.92 Å². The van der Waals surface area contributed by atoms with Gasteiger partial charge < -0.3 is 14.8 Å². The molecule has 3 aromatic rings. The van der Waals surface area contributed by atoms with Crippen LogP contribution >= 0.6 is 0 Å². The number of hydrogen-bond donors (Lipinski definition) is 2. The number of aryl methyl sites for hydroxylation is 1. The van der Waals surface area contributed by atoms with Crippen LogP contribution in [-0.2, 0) is 0 Å². The zero-order valence-corrected chi connectivity index (χ0v) is 11.7. The molecule has 0 saturated heterocycles. The highest BCUT2D eigenvalue weighted by Gasteiger charge is 2.14. The molecule has 6 heteroatoms. The first-order valence-corrected chi connectivity index (χ1v) is 6.53. The summed E-state index contributed by atoms with van der Waals surface area (Å²) in [7, 11) is 0. The van der Waals surface area contributed by atoms with E-state index in [9.17, 15) is 9.59 Å². The van der Waals surface area contributed by atoms with Crippen molar-refractivity contribution in [2.24, 2.45) is 0 Å². The van der Waals surface area contributed by atoms with Gasteiger partial charge in [-0.15, -0.1) is 0 Å². The Morgan fingerprint density at radius 1 is 1.23 bits per heavy atom. The lowest BCUT2D eigenvalue weighted by molar-refractivity contribution is 0.0696. The van der Waals surface area contributed by atoms with Gasteiger partial charge in [-0.25, -0.2) is 4.79 Å². The van der Waals surface area contributed by atoms with Crippen LogP contribution in [0.5, 0.6) is 0 Å². The van der Waals surface area contributed by atoms with Crippen molar-refractivity contribution >= 4 is 28.5 Å². The number of rotatable bonds is 3. The summed E-state index contributed by atoms with van der Waals surface area (Å²) in [5.74, 6) is -1.41. The van der Waals surface area contributed by atoms with Gasteiger partial charge in [0.05, 0.1) is 17.4 Å². The van der Waals surface area contributed by atoms with Crippen LogP contribution in [0.4, 0.5) is 5.69 Å². The number of fused-ring (bicyclic) bond motifs is 1. The Labute approximate surface area is 125 Å². The van der Waals surface area contributed by atoms with Crippen molar-refractivity contribution < 1.29 is 19.1 Å². The van der Waals surface area contributed by atoms with E-state index in [1.165, 1.54) is 18.5 Å². The van der Waals surface area contributed by atoms with E-state index in [4.69, 9.17) is 9.52 Å². The number of benzene rings is 1. The molecule has 0 bridgehead atoms. The molecular formula is C16H12N2O4. The molecule has 6 nitrogen and oxygen atoms in total. The molecule has 1 amide bonds. The second kappa shape index (κ2) is 5.33. The van der Waals surface area contributed by atoms with Gasteiger partial charge in [-0.2, -0.15) is 0 Å². The number of aromatic nitrogens is 1. The Morgan fingerprint density at radius 3 is 2.77 bits per heavy atom.